The van der Waals surface area contributed by atoms with Crippen LogP contribution in [0.3, 0.4) is 0 Å². The van der Waals surface area contributed by atoms with E-state index < -0.39 is 0 Å². The first kappa shape index (κ1) is 23.5. The molecule has 2 aliphatic heterocycles. The second-order valence-electron chi connectivity index (χ2n) is 9.26. The number of carbonyl (C=O) groups is 2. The van der Waals surface area contributed by atoms with Gasteiger partial charge in [-0.2, -0.15) is 0 Å². The van der Waals surface area contributed by atoms with Gasteiger partial charge in [-0.15, -0.1) is 0 Å². The fourth-order valence-corrected chi connectivity index (χ4v) is 5.09. The predicted molar refractivity (Wildman–Crippen MR) is 131 cm³/mol. The molecule has 5 heteroatoms. The van der Waals surface area contributed by atoms with E-state index in [-0.39, 0.29) is 23.8 Å². The number of rotatable bonds is 8. The molecular formula is C28H36N2O3. The molecule has 2 saturated heterocycles. The molecule has 5 nitrogen and oxygen atoms in total. The topological polar surface area (TPSA) is 49.9 Å². The van der Waals surface area contributed by atoms with E-state index in [2.05, 4.69) is 31.2 Å². The zero-order chi connectivity index (χ0) is 23.0. The first-order valence-electron chi connectivity index (χ1n) is 12.5. The molecule has 4 rings (SSSR count). The maximum absolute atomic E-state index is 13.5. The minimum absolute atomic E-state index is 0.151. The van der Waals surface area contributed by atoms with Crippen molar-refractivity contribution in [2.45, 2.75) is 51.6 Å². The van der Waals surface area contributed by atoms with Gasteiger partial charge in [-0.1, -0.05) is 61.5 Å². The Bertz CT molecular complexity index is 924. The largest absolute Gasteiger partial charge is 0.378 e. The Hall–Kier alpha value is -2.66. The highest BCUT2D eigenvalue weighted by Crippen LogP contribution is 2.27. The average molecular weight is 449 g/mol. The summed E-state index contributed by atoms with van der Waals surface area (Å²) in [6, 6.07) is 18.7. The highest BCUT2D eigenvalue weighted by atomic mass is 16.5. The predicted octanol–water partition coefficient (Wildman–Crippen LogP) is 4.55. The van der Waals surface area contributed by atoms with Gasteiger partial charge in [0.2, 0.25) is 11.8 Å². The lowest BCUT2D eigenvalue weighted by Gasteiger charge is -2.25. The Morgan fingerprint density at radius 2 is 1.85 bits per heavy atom. The second kappa shape index (κ2) is 11.5. The molecule has 2 heterocycles. The molecule has 2 aliphatic rings. The van der Waals surface area contributed by atoms with E-state index in [0.717, 1.165) is 55.5 Å². The van der Waals surface area contributed by atoms with E-state index in [9.17, 15) is 9.59 Å². The zero-order valence-electron chi connectivity index (χ0n) is 19.7. The van der Waals surface area contributed by atoms with Crippen molar-refractivity contribution >= 4 is 11.8 Å². The lowest BCUT2D eigenvalue weighted by Crippen LogP contribution is -2.38. The summed E-state index contributed by atoms with van der Waals surface area (Å²) in [6.45, 7) is 5.39. The van der Waals surface area contributed by atoms with E-state index in [1.807, 2.05) is 40.1 Å². The van der Waals surface area contributed by atoms with E-state index in [4.69, 9.17) is 4.74 Å². The van der Waals surface area contributed by atoms with E-state index in [0.29, 0.717) is 32.5 Å². The molecule has 0 saturated carbocycles. The molecule has 176 valence electrons. The minimum atomic E-state index is -0.226. The summed E-state index contributed by atoms with van der Waals surface area (Å²) >= 11 is 0. The number of ether oxygens (including phenoxy) is 1. The van der Waals surface area contributed by atoms with Gasteiger partial charge < -0.3 is 14.5 Å². The van der Waals surface area contributed by atoms with Crippen molar-refractivity contribution in [2.24, 2.45) is 5.92 Å². The van der Waals surface area contributed by atoms with E-state index in [1.54, 1.807) is 0 Å². The molecule has 2 aromatic rings. The van der Waals surface area contributed by atoms with Crippen molar-refractivity contribution in [2.75, 3.05) is 32.8 Å². The minimum Gasteiger partial charge on any atom is -0.378 e. The number of benzene rings is 2. The highest BCUT2D eigenvalue weighted by molar-refractivity contribution is 5.83. The third-order valence-electron chi connectivity index (χ3n) is 6.86. The molecule has 2 amide bonds. The van der Waals surface area contributed by atoms with Gasteiger partial charge in [0.05, 0.1) is 12.0 Å². The van der Waals surface area contributed by atoms with E-state index in [1.165, 1.54) is 0 Å². The molecular weight excluding hydrogens is 412 g/mol. The summed E-state index contributed by atoms with van der Waals surface area (Å²) in [5.41, 5.74) is 3.48. The molecule has 2 aromatic carbocycles. The van der Waals surface area contributed by atoms with Crippen molar-refractivity contribution < 1.29 is 14.3 Å². The molecule has 2 unspecified atom stereocenters. The van der Waals surface area contributed by atoms with Gasteiger partial charge in [-0.3, -0.25) is 9.59 Å². The van der Waals surface area contributed by atoms with Gasteiger partial charge in [-0.05, 0) is 48.8 Å². The second-order valence-corrected chi connectivity index (χ2v) is 9.26. The normalized spacial score (nSPS) is 21.3. The van der Waals surface area contributed by atoms with Crippen LogP contribution in [0, 0.1) is 5.92 Å². The van der Waals surface area contributed by atoms with Gasteiger partial charge >= 0.3 is 0 Å². The summed E-state index contributed by atoms with van der Waals surface area (Å²) in [7, 11) is 0. The number of carbonyl (C=O) groups excluding carboxylic acids is 2. The molecule has 0 radical (unpaired) electrons. The standard InChI is InChI=1S/C28H36N2O3/c1-2-16-29-17-18-30(27(31)15-14-25-12-8-19-33-25)21-24(28(29)32)20-23-11-6-7-13-26(23)22-9-4-3-5-10-22/h3-7,9-11,13,24-25H,2,8,12,14-21H2,1H3. The molecule has 0 N–H and O–H groups in total. The molecule has 0 aliphatic carbocycles. The van der Waals surface area contributed by atoms with Crippen LogP contribution in [0.4, 0.5) is 0 Å². The zero-order valence-corrected chi connectivity index (χ0v) is 19.7. The Morgan fingerprint density at radius 1 is 1.06 bits per heavy atom. The number of amides is 2. The summed E-state index contributed by atoms with van der Waals surface area (Å²) in [6.07, 6.45) is 5.20. The smallest absolute Gasteiger partial charge is 0.227 e. The SMILES string of the molecule is CCCN1CCN(C(=O)CCC2CCCO2)CC(Cc2ccccc2-c2ccccc2)C1=O. The van der Waals surface area contributed by atoms with Gasteiger partial charge in [0.25, 0.3) is 0 Å². The molecule has 0 spiro atoms. The van der Waals surface area contributed by atoms with Crippen LogP contribution in [0.5, 0.6) is 0 Å². The summed E-state index contributed by atoms with van der Waals surface area (Å²) in [4.78, 5) is 30.5. The fourth-order valence-electron chi connectivity index (χ4n) is 5.09. The van der Waals surface area contributed by atoms with Crippen LogP contribution in [-0.2, 0) is 20.7 Å². The number of nitrogens with zero attached hydrogens (tertiary/aromatic N) is 2. The first-order valence-corrected chi connectivity index (χ1v) is 12.5. The average Bonchev–Trinajstić information content (AvgIpc) is 3.32. The Morgan fingerprint density at radius 3 is 2.61 bits per heavy atom. The van der Waals surface area contributed by atoms with Crippen LogP contribution in [0.25, 0.3) is 11.1 Å². The third-order valence-corrected chi connectivity index (χ3v) is 6.86. The lowest BCUT2D eigenvalue weighted by molar-refractivity contribution is -0.135. The van der Waals surface area contributed by atoms with Crippen LogP contribution in [0.15, 0.2) is 54.6 Å². The van der Waals surface area contributed by atoms with E-state index >= 15 is 0 Å². The van der Waals surface area contributed by atoms with Crippen molar-refractivity contribution in [3.05, 3.63) is 60.2 Å². The quantitative estimate of drug-likeness (QED) is 0.595. The van der Waals surface area contributed by atoms with Crippen molar-refractivity contribution in [3.63, 3.8) is 0 Å². The molecule has 2 fully saturated rings. The lowest BCUT2D eigenvalue weighted by atomic mass is 9.91. The highest BCUT2D eigenvalue weighted by Gasteiger charge is 2.32. The molecule has 2 atom stereocenters. The Kier molecular flexibility index (Phi) is 8.16. The summed E-state index contributed by atoms with van der Waals surface area (Å²) < 4.78 is 5.70. The molecule has 0 aromatic heterocycles. The number of hydrogen-bond donors (Lipinski definition) is 0. The maximum atomic E-state index is 13.5. The van der Waals surface area contributed by atoms with Crippen LogP contribution in [0.2, 0.25) is 0 Å². The van der Waals surface area contributed by atoms with Crippen molar-refractivity contribution in [1.29, 1.82) is 0 Å². The molecule has 0 bridgehead atoms. The van der Waals surface area contributed by atoms with Crippen LogP contribution in [0.1, 0.15) is 44.6 Å². The Labute approximate surface area is 197 Å². The Balaban J connectivity index is 1.52. The van der Waals surface area contributed by atoms with Crippen molar-refractivity contribution in [3.8, 4) is 11.1 Å². The first-order chi connectivity index (χ1) is 16.2. The van der Waals surface area contributed by atoms with Crippen LogP contribution >= 0.6 is 0 Å². The van der Waals surface area contributed by atoms with Crippen molar-refractivity contribution in [1.82, 2.24) is 9.80 Å². The van der Waals surface area contributed by atoms with Crippen LogP contribution < -0.4 is 0 Å². The fraction of sp³-hybridized carbons (Fsp3) is 0.500. The summed E-state index contributed by atoms with van der Waals surface area (Å²) in [5.74, 6) is 0.0997. The monoisotopic (exact) mass is 448 g/mol. The van der Waals surface area contributed by atoms with Gasteiger partial charge in [0.15, 0.2) is 0 Å². The third kappa shape index (κ3) is 6.02. The van der Waals surface area contributed by atoms with Gasteiger partial charge in [0, 0.05) is 39.2 Å². The number of hydrogen-bond acceptors (Lipinski definition) is 3. The van der Waals surface area contributed by atoms with Gasteiger partial charge in [0.1, 0.15) is 0 Å². The van der Waals surface area contributed by atoms with Gasteiger partial charge in [-0.25, -0.2) is 0 Å². The summed E-state index contributed by atoms with van der Waals surface area (Å²) in [5, 5.41) is 0. The van der Waals surface area contributed by atoms with Crippen LogP contribution in [-0.4, -0.2) is 60.5 Å². The maximum Gasteiger partial charge on any atom is 0.227 e. The molecule has 33 heavy (non-hydrogen) atoms.